The van der Waals surface area contributed by atoms with Crippen molar-refractivity contribution in [1.29, 1.82) is 0 Å². The molecule has 3 heteroatoms. The molecule has 0 aliphatic carbocycles. The summed E-state index contributed by atoms with van der Waals surface area (Å²) < 4.78 is 0.984. The van der Waals surface area contributed by atoms with Crippen molar-refractivity contribution in [2.75, 3.05) is 6.54 Å². The average Bonchev–Trinajstić information content (AvgIpc) is 2.61. The van der Waals surface area contributed by atoms with Gasteiger partial charge in [0.25, 0.3) is 0 Å². The van der Waals surface area contributed by atoms with Gasteiger partial charge >= 0.3 is 0 Å². The topological polar surface area (TPSA) is 24.9 Å². The quantitative estimate of drug-likeness (QED) is 0.764. The summed E-state index contributed by atoms with van der Waals surface area (Å²) in [6.07, 6.45) is 4.39. The van der Waals surface area contributed by atoms with Crippen molar-refractivity contribution in [3.8, 4) is 0 Å². The molecule has 1 aromatic heterocycles. The Labute approximate surface area is 86.9 Å². The highest BCUT2D eigenvalue weighted by molar-refractivity contribution is 9.10. The minimum atomic E-state index is 0.502. The molecule has 1 N–H and O–H groups in total. The fraction of sp³-hybridized carbons (Fsp3) is 0.500. The second-order valence-electron chi connectivity index (χ2n) is 3.54. The van der Waals surface area contributed by atoms with Crippen LogP contribution in [0.1, 0.15) is 30.0 Å². The first-order valence-electron chi connectivity index (χ1n) is 4.63. The van der Waals surface area contributed by atoms with Crippen molar-refractivity contribution in [2.24, 2.45) is 0 Å². The Morgan fingerprint density at radius 2 is 2.46 bits per heavy atom. The van der Waals surface area contributed by atoms with Gasteiger partial charge in [0.15, 0.2) is 0 Å². The minimum absolute atomic E-state index is 0.502. The molecule has 0 bridgehead atoms. The van der Waals surface area contributed by atoms with Gasteiger partial charge in [0.2, 0.25) is 0 Å². The molecule has 1 fully saturated rings. The number of aryl methyl sites for hydroxylation is 1. The van der Waals surface area contributed by atoms with Crippen LogP contribution in [0.15, 0.2) is 16.9 Å². The molecule has 2 rings (SSSR count). The van der Waals surface area contributed by atoms with Crippen LogP contribution >= 0.6 is 15.9 Å². The summed E-state index contributed by atoms with van der Waals surface area (Å²) in [5.41, 5.74) is 2.53. The predicted octanol–water partition coefficient (Wildman–Crippen LogP) is 2.58. The van der Waals surface area contributed by atoms with Crippen LogP contribution < -0.4 is 5.32 Å². The molecule has 1 aliphatic heterocycles. The lowest BCUT2D eigenvalue weighted by Gasteiger charge is -2.12. The van der Waals surface area contributed by atoms with Crippen molar-refractivity contribution >= 4 is 15.9 Å². The molecule has 0 saturated carbocycles. The van der Waals surface area contributed by atoms with Gasteiger partial charge in [-0.25, -0.2) is 4.98 Å². The smallest absolute Gasteiger partial charge is 0.110 e. The van der Waals surface area contributed by atoms with Crippen LogP contribution in [0.4, 0.5) is 0 Å². The molecule has 70 valence electrons. The molecular formula is C10H13BrN2. The number of halogens is 1. The van der Waals surface area contributed by atoms with Crippen molar-refractivity contribution in [3.05, 3.63) is 28.0 Å². The molecule has 13 heavy (non-hydrogen) atoms. The van der Waals surface area contributed by atoms with Crippen LogP contribution in [-0.4, -0.2) is 11.5 Å². The molecule has 2 heterocycles. The van der Waals surface area contributed by atoms with Crippen molar-refractivity contribution < 1.29 is 0 Å². The highest BCUT2D eigenvalue weighted by atomic mass is 79.9. The van der Waals surface area contributed by atoms with E-state index in [0.717, 1.165) is 11.1 Å². The molecule has 1 unspecified atom stereocenters. The van der Waals surface area contributed by atoms with Crippen LogP contribution in [0, 0.1) is 6.92 Å². The van der Waals surface area contributed by atoms with E-state index >= 15 is 0 Å². The Morgan fingerprint density at radius 1 is 1.62 bits per heavy atom. The second-order valence-corrected chi connectivity index (χ2v) is 4.29. The summed E-state index contributed by atoms with van der Waals surface area (Å²) in [5, 5.41) is 3.47. The van der Waals surface area contributed by atoms with Crippen LogP contribution in [-0.2, 0) is 0 Å². The fourth-order valence-corrected chi connectivity index (χ4v) is 2.26. The summed E-state index contributed by atoms with van der Waals surface area (Å²) in [6, 6.07) is 2.71. The standard InChI is InChI=1S/C10H13BrN2/c1-7-5-8(10(11)13-6-7)9-3-2-4-12-9/h5-6,9,12H,2-4H2,1H3. The second kappa shape index (κ2) is 3.76. The number of nitrogens with one attached hydrogen (secondary N) is 1. The Hall–Kier alpha value is -0.410. The van der Waals surface area contributed by atoms with Crippen LogP contribution in [0.3, 0.4) is 0 Å². The summed E-state index contributed by atoms with van der Waals surface area (Å²) >= 11 is 3.49. The Bertz CT molecular complexity index is 306. The van der Waals surface area contributed by atoms with Gasteiger partial charge in [-0.05, 0) is 47.8 Å². The SMILES string of the molecule is Cc1cnc(Br)c(C2CCCN2)c1. The van der Waals surface area contributed by atoms with E-state index in [2.05, 4.69) is 39.2 Å². The number of rotatable bonds is 1. The third-order valence-electron chi connectivity index (χ3n) is 2.44. The first-order valence-corrected chi connectivity index (χ1v) is 5.42. The van der Waals surface area contributed by atoms with Crippen molar-refractivity contribution in [3.63, 3.8) is 0 Å². The average molecular weight is 241 g/mol. The third-order valence-corrected chi connectivity index (χ3v) is 3.10. The van der Waals surface area contributed by atoms with E-state index in [9.17, 15) is 0 Å². The van der Waals surface area contributed by atoms with Gasteiger partial charge in [0.05, 0.1) is 0 Å². The normalized spacial score (nSPS) is 22.2. The highest BCUT2D eigenvalue weighted by Crippen LogP contribution is 2.28. The lowest BCUT2D eigenvalue weighted by Crippen LogP contribution is -2.13. The Kier molecular flexibility index (Phi) is 2.65. The summed E-state index contributed by atoms with van der Waals surface area (Å²) in [6.45, 7) is 3.21. The molecule has 0 amide bonds. The van der Waals surface area contributed by atoms with E-state index < -0.39 is 0 Å². The van der Waals surface area contributed by atoms with Gasteiger partial charge < -0.3 is 5.32 Å². The molecule has 0 radical (unpaired) electrons. The van der Waals surface area contributed by atoms with E-state index in [0.29, 0.717) is 6.04 Å². The third kappa shape index (κ3) is 1.92. The predicted molar refractivity (Wildman–Crippen MR) is 56.7 cm³/mol. The van der Waals surface area contributed by atoms with Crippen molar-refractivity contribution in [1.82, 2.24) is 10.3 Å². The molecule has 1 aliphatic rings. The summed E-state index contributed by atoms with van der Waals surface area (Å²) in [7, 11) is 0. The fourth-order valence-electron chi connectivity index (χ4n) is 1.77. The highest BCUT2D eigenvalue weighted by Gasteiger charge is 2.18. The molecule has 1 saturated heterocycles. The molecular weight excluding hydrogens is 228 g/mol. The zero-order valence-electron chi connectivity index (χ0n) is 7.68. The van der Waals surface area contributed by atoms with Gasteiger partial charge in [-0.2, -0.15) is 0 Å². The van der Waals surface area contributed by atoms with Gasteiger partial charge in [0.1, 0.15) is 4.60 Å². The number of aromatic nitrogens is 1. The van der Waals surface area contributed by atoms with E-state index in [1.165, 1.54) is 24.0 Å². The Balaban J connectivity index is 2.32. The van der Waals surface area contributed by atoms with Gasteiger partial charge in [-0.15, -0.1) is 0 Å². The number of hydrogen-bond donors (Lipinski definition) is 1. The monoisotopic (exact) mass is 240 g/mol. The van der Waals surface area contributed by atoms with Gasteiger partial charge in [-0.3, -0.25) is 0 Å². The first kappa shape index (κ1) is 9.16. The maximum absolute atomic E-state index is 4.30. The molecule has 1 aromatic rings. The molecule has 0 aromatic carbocycles. The van der Waals surface area contributed by atoms with E-state index in [4.69, 9.17) is 0 Å². The largest absolute Gasteiger partial charge is 0.310 e. The maximum atomic E-state index is 4.30. The minimum Gasteiger partial charge on any atom is -0.310 e. The van der Waals surface area contributed by atoms with Crippen LogP contribution in [0.2, 0.25) is 0 Å². The molecule has 1 atom stereocenters. The summed E-state index contributed by atoms with van der Waals surface area (Å²) in [4.78, 5) is 4.30. The number of pyridine rings is 1. The van der Waals surface area contributed by atoms with E-state index in [-0.39, 0.29) is 0 Å². The zero-order chi connectivity index (χ0) is 9.26. The van der Waals surface area contributed by atoms with Crippen molar-refractivity contribution in [2.45, 2.75) is 25.8 Å². The molecule has 2 nitrogen and oxygen atoms in total. The Morgan fingerprint density at radius 3 is 3.15 bits per heavy atom. The van der Waals surface area contributed by atoms with Crippen LogP contribution in [0.5, 0.6) is 0 Å². The maximum Gasteiger partial charge on any atom is 0.110 e. The van der Waals surface area contributed by atoms with E-state index in [1.54, 1.807) is 0 Å². The first-order chi connectivity index (χ1) is 6.27. The van der Waals surface area contributed by atoms with Gasteiger partial charge in [0, 0.05) is 17.8 Å². The summed E-state index contributed by atoms with van der Waals surface area (Å²) in [5.74, 6) is 0. The number of nitrogens with zero attached hydrogens (tertiary/aromatic N) is 1. The van der Waals surface area contributed by atoms with Crippen LogP contribution in [0.25, 0.3) is 0 Å². The number of hydrogen-bond acceptors (Lipinski definition) is 2. The van der Waals surface area contributed by atoms with Gasteiger partial charge in [-0.1, -0.05) is 6.07 Å². The molecule has 0 spiro atoms. The lowest BCUT2D eigenvalue weighted by molar-refractivity contribution is 0.640. The van der Waals surface area contributed by atoms with E-state index in [1.807, 2.05) is 6.20 Å². The zero-order valence-corrected chi connectivity index (χ0v) is 9.26. The lowest BCUT2D eigenvalue weighted by atomic mass is 10.1.